The molecule has 160 valence electrons. The second-order valence-corrected chi connectivity index (χ2v) is 8.11. The van der Waals surface area contributed by atoms with E-state index in [-0.39, 0.29) is 0 Å². The minimum atomic E-state index is -0.434. The van der Waals surface area contributed by atoms with Crippen molar-refractivity contribution in [2.75, 3.05) is 37.6 Å². The molecule has 1 aliphatic rings. The average Bonchev–Trinajstić information content (AvgIpc) is 3.02. The van der Waals surface area contributed by atoms with Crippen LogP contribution in [-0.4, -0.2) is 57.0 Å². The molecule has 1 fully saturated rings. The van der Waals surface area contributed by atoms with E-state index in [1.165, 1.54) is 0 Å². The largest absolute Gasteiger partial charge is 0.403 e. The minimum Gasteiger partial charge on any atom is -0.403 e. The Morgan fingerprint density at radius 3 is 2.74 bits per heavy atom. The van der Waals surface area contributed by atoms with Crippen molar-refractivity contribution in [1.29, 1.82) is 0 Å². The second-order valence-electron chi connectivity index (χ2n) is 8.11. The summed E-state index contributed by atoms with van der Waals surface area (Å²) in [5.74, 6) is 0.853. The summed E-state index contributed by atoms with van der Waals surface area (Å²) in [4.78, 5) is 31.2. The van der Waals surface area contributed by atoms with Crippen molar-refractivity contribution in [1.82, 2.24) is 24.3 Å². The zero-order valence-corrected chi connectivity index (χ0v) is 18.1. The Kier molecular flexibility index (Phi) is 4.94. The summed E-state index contributed by atoms with van der Waals surface area (Å²) in [6.45, 7) is 11.1. The van der Waals surface area contributed by atoms with Gasteiger partial charge in [-0.2, -0.15) is 4.98 Å². The molecule has 0 spiro atoms. The van der Waals surface area contributed by atoms with Gasteiger partial charge in [-0.15, -0.1) is 0 Å². The smallest absolute Gasteiger partial charge is 0.347 e. The fourth-order valence-corrected chi connectivity index (χ4v) is 4.30. The quantitative estimate of drug-likeness (QED) is 0.506. The number of aryl methyl sites for hydroxylation is 2. The Morgan fingerprint density at radius 2 is 1.90 bits per heavy atom. The lowest BCUT2D eigenvalue weighted by Crippen LogP contribution is -2.31. The van der Waals surface area contributed by atoms with E-state index in [4.69, 9.17) is 4.42 Å². The molecule has 5 rings (SSSR count). The Balaban J connectivity index is 1.51. The number of rotatable bonds is 3. The van der Waals surface area contributed by atoms with Crippen LogP contribution in [0.2, 0.25) is 0 Å². The van der Waals surface area contributed by atoms with Crippen LogP contribution < -0.4 is 10.5 Å². The van der Waals surface area contributed by atoms with Crippen molar-refractivity contribution in [2.24, 2.45) is 0 Å². The van der Waals surface area contributed by atoms with E-state index in [0.29, 0.717) is 17.0 Å². The maximum absolute atomic E-state index is 12.8. The monoisotopic (exact) mass is 418 g/mol. The highest BCUT2D eigenvalue weighted by Crippen LogP contribution is 2.24. The third kappa shape index (κ3) is 3.67. The van der Waals surface area contributed by atoms with E-state index < -0.39 is 5.63 Å². The number of imidazole rings is 1. The molecule has 0 unspecified atom stereocenters. The molecule has 0 aromatic carbocycles. The van der Waals surface area contributed by atoms with E-state index in [1.54, 1.807) is 0 Å². The number of pyridine rings is 1. The minimum absolute atomic E-state index is 0.361. The number of nitrogens with zero attached hydrogens (tertiary/aromatic N) is 6. The lowest BCUT2D eigenvalue weighted by Gasteiger charge is -2.22. The summed E-state index contributed by atoms with van der Waals surface area (Å²) in [6, 6.07) is 5.80. The number of aromatic nitrogens is 4. The molecule has 0 amide bonds. The number of fused-ring (bicyclic) bond motifs is 2. The van der Waals surface area contributed by atoms with Gasteiger partial charge in [0.1, 0.15) is 5.82 Å². The van der Waals surface area contributed by atoms with Crippen LogP contribution in [0.1, 0.15) is 24.7 Å². The molecule has 8 heteroatoms. The summed E-state index contributed by atoms with van der Waals surface area (Å²) < 4.78 is 7.53. The van der Waals surface area contributed by atoms with Crippen LogP contribution in [0.5, 0.6) is 0 Å². The first-order valence-corrected chi connectivity index (χ1v) is 10.8. The van der Waals surface area contributed by atoms with E-state index in [1.807, 2.05) is 48.8 Å². The van der Waals surface area contributed by atoms with Crippen molar-refractivity contribution < 1.29 is 4.42 Å². The molecule has 1 aliphatic heterocycles. The normalized spacial score (nSPS) is 15.6. The van der Waals surface area contributed by atoms with Crippen molar-refractivity contribution in [3.8, 4) is 11.3 Å². The molecular weight excluding hydrogens is 392 g/mol. The molecular formula is C23H26N6O2. The molecule has 0 N–H and O–H groups in total. The lowest BCUT2D eigenvalue weighted by molar-refractivity contribution is 0.310. The van der Waals surface area contributed by atoms with Crippen LogP contribution in [0.15, 0.2) is 39.8 Å². The predicted octanol–water partition coefficient (Wildman–Crippen LogP) is 3.05. The molecule has 0 atom stereocenters. The van der Waals surface area contributed by atoms with Gasteiger partial charge in [-0.05, 0) is 51.6 Å². The van der Waals surface area contributed by atoms with Gasteiger partial charge in [0.05, 0.1) is 22.6 Å². The summed E-state index contributed by atoms with van der Waals surface area (Å²) in [6.07, 6.45) is 4.84. The summed E-state index contributed by atoms with van der Waals surface area (Å²) in [5.41, 5.74) is 3.37. The SMILES string of the molecule is CCN1CCCN(c2ccc3cc(-c4cn5cc(C)nc(C)c5n4)c(=O)oc3n2)CC1. The van der Waals surface area contributed by atoms with Crippen LogP contribution in [0.4, 0.5) is 5.82 Å². The van der Waals surface area contributed by atoms with E-state index in [0.717, 1.165) is 67.4 Å². The fraction of sp³-hybridized carbons (Fsp3) is 0.391. The number of likely N-dealkylation sites (N-methyl/N-ethyl adjacent to an activating group) is 1. The van der Waals surface area contributed by atoms with Gasteiger partial charge >= 0.3 is 5.63 Å². The Morgan fingerprint density at radius 1 is 1.03 bits per heavy atom. The van der Waals surface area contributed by atoms with Crippen molar-refractivity contribution >= 4 is 22.6 Å². The molecule has 0 saturated carbocycles. The third-order valence-electron chi connectivity index (χ3n) is 5.95. The first-order valence-electron chi connectivity index (χ1n) is 10.8. The van der Waals surface area contributed by atoms with Crippen LogP contribution in [0.3, 0.4) is 0 Å². The highest BCUT2D eigenvalue weighted by Gasteiger charge is 2.17. The van der Waals surface area contributed by atoms with Gasteiger partial charge in [0.25, 0.3) is 0 Å². The van der Waals surface area contributed by atoms with E-state index in [9.17, 15) is 4.79 Å². The molecule has 1 saturated heterocycles. The molecule has 4 aromatic rings. The van der Waals surface area contributed by atoms with Crippen LogP contribution in [0, 0.1) is 13.8 Å². The number of hydrogen-bond acceptors (Lipinski definition) is 7. The van der Waals surface area contributed by atoms with Gasteiger partial charge in [-0.3, -0.25) is 4.98 Å². The van der Waals surface area contributed by atoms with Gasteiger partial charge in [0, 0.05) is 37.4 Å². The van der Waals surface area contributed by atoms with Gasteiger partial charge < -0.3 is 18.6 Å². The van der Waals surface area contributed by atoms with Gasteiger partial charge in [0.15, 0.2) is 5.65 Å². The molecule has 0 radical (unpaired) electrons. The summed E-state index contributed by atoms with van der Waals surface area (Å²) >= 11 is 0. The van der Waals surface area contributed by atoms with Gasteiger partial charge in [-0.1, -0.05) is 6.92 Å². The Labute approximate surface area is 180 Å². The zero-order valence-electron chi connectivity index (χ0n) is 18.1. The average molecular weight is 419 g/mol. The van der Waals surface area contributed by atoms with E-state index in [2.05, 4.69) is 31.7 Å². The summed E-state index contributed by atoms with van der Waals surface area (Å²) in [5, 5.41) is 0.784. The van der Waals surface area contributed by atoms with Gasteiger partial charge in [-0.25, -0.2) is 9.78 Å². The van der Waals surface area contributed by atoms with Crippen molar-refractivity contribution in [3.63, 3.8) is 0 Å². The number of hydrogen-bond donors (Lipinski definition) is 0. The number of anilines is 1. The zero-order chi connectivity index (χ0) is 21.5. The topological polar surface area (TPSA) is 79.8 Å². The van der Waals surface area contributed by atoms with Crippen molar-refractivity contribution in [2.45, 2.75) is 27.2 Å². The maximum atomic E-state index is 12.8. The molecule has 4 aromatic heterocycles. The molecule has 31 heavy (non-hydrogen) atoms. The van der Waals surface area contributed by atoms with Crippen molar-refractivity contribution in [3.05, 3.63) is 52.4 Å². The van der Waals surface area contributed by atoms with Crippen LogP contribution in [-0.2, 0) is 0 Å². The molecule has 0 aliphatic carbocycles. The first-order chi connectivity index (χ1) is 15.0. The second kappa shape index (κ2) is 7.77. The Bertz CT molecular complexity index is 1330. The highest BCUT2D eigenvalue weighted by atomic mass is 16.4. The van der Waals surface area contributed by atoms with Gasteiger partial charge in [0.2, 0.25) is 5.71 Å². The third-order valence-corrected chi connectivity index (χ3v) is 5.95. The standard InChI is InChI=1S/C23H26N6O2/c1-4-27-8-5-9-28(11-10-27)20-7-6-17-12-18(23(30)31-22(17)26-20)19-14-29-13-15(2)24-16(3)21(29)25-19/h6-7,12-14H,4-5,8-11H2,1-3H3. The predicted molar refractivity (Wildman–Crippen MR) is 121 cm³/mol. The van der Waals surface area contributed by atoms with E-state index >= 15 is 0 Å². The maximum Gasteiger partial charge on any atom is 0.347 e. The molecule has 8 nitrogen and oxygen atoms in total. The first kappa shape index (κ1) is 19.7. The van der Waals surface area contributed by atoms with Crippen LogP contribution in [0.25, 0.3) is 28.0 Å². The van der Waals surface area contributed by atoms with Crippen LogP contribution >= 0.6 is 0 Å². The molecule has 5 heterocycles. The lowest BCUT2D eigenvalue weighted by atomic mass is 10.2. The highest BCUT2D eigenvalue weighted by molar-refractivity contribution is 5.80. The molecule has 0 bridgehead atoms. The Hall–Kier alpha value is -3.26. The fourth-order valence-electron chi connectivity index (χ4n) is 4.30. The summed E-state index contributed by atoms with van der Waals surface area (Å²) in [7, 11) is 0.